The minimum Gasteiger partial charge on any atom is -0.355 e. The Morgan fingerprint density at radius 2 is 1.90 bits per heavy atom. The summed E-state index contributed by atoms with van der Waals surface area (Å²) in [4.78, 5) is 0. The lowest BCUT2D eigenvalue weighted by Crippen LogP contribution is -2.06. The first-order valence-electron chi connectivity index (χ1n) is 7.11. The van der Waals surface area contributed by atoms with Crippen LogP contribution in [0, 0.1) is 0 Å². The third-order valence-corrected chi connectivity index (χ3v) is 3.26. The van der Waals surface area contributed by atoms with Crippen LogP contribution in [0.2, 0.25) is 0 Å². The Morgan fingerprint density at radius 3 is 2.62 bits per heavy atom. The maximum absolute atomic E-state index is 4.41. The van der Waals surface area contributed by atoms with Gasteiger partial charge in [-0.15, -0.1) is 10.2 Å². The van der Waals surface area contributed by atoms with Crippen LogP contribution >= 0.6 is 0 Å². The monoisotopic (exact) mass is 282 g/mol. The Hall–Kier alpha value is -2.63. The van der Waals surface area contributed by atoms with Crippen molar-refractivity contribution in [3.05, 3.63) is 42.7 Å². The van der Waals surface area contributed by atoms with Gasteiger partial charge in [-0.3, -0.25) is 4.57 Å². The summed E-state index contributed by atoms with van der Waals surface area (Å²) in [6.45, 7) is 5.75. The summed E-state index contributed by atoms with van der Waals surface area (Å²) in [6.07, 6.45) is 3.79. The topological polar surface area (TPSA) is 60.6 Å². The standard InChI is InChI=1S/C15H18N6/c1-3-16-15-19-18-14(20(15)4-2)12-10-17-21(11-12)13-8-6-5-7-9-13/h5-11H,3-4H2,1-2H3,(H,16,19). The molecule has 1 N–H and O–H groups in total. The molecule has 108 valence electrons. The zero-order valence-corrected chi connectivity index (χ0v) is 12.2. The molecular weight excluding hydrogens is 264 g/mol. The van der Waals surface area contributed by atoms with Crippen molar-refractivity contribution in [3.8, 4) is 17.1 Å². The highest BCUT2D eigenvalue weighted by Gasteiger charge is 2.13. The van der Waals surface area contributed by atoms with E-state index in [-0.39, 0.29) is 0 Å². The van der Waals surface area contributed by atoms with Gasteiger partial charge in [0, 0.05) is 19.3 Å². The highest BCUT2D eigenvalue weighted by Crippen LogP contribution is 2.21. The van der Waals surface area contributed by atoms with Gasteiger partial charge in [0.15, 0.2) is 5.82 Å². The second kappa shape index (κ2) is 5.78. The Kier molecular flexibility index (Phi) is 3.68. The summed E-state index contributed by atoms with van der Waals surface area (Å²) in [5.74, 6) is 1.62. The van der Waals surface area contributed by atoms with Crippen molar-refractivity contribution in [2.45, 2.75) is 20.4 Å². The molecule has 3 rings (SSSR count). The third kappa shape index (κ3) is 2.52. The number of anilines is 1. The zero-order chi connectivity index (χ0) is 14.7. The molecule has 0 fully saturated rings. The van der Waals surface area contributed by atoms with E-state index in [1.54, 1.807) is 0 Å². The quantitative estimate of drug-likeness (QED) is 0.781. The van der Waals surface area contributed by atoms with E-state index < -0.39 is 0 Å². The second-order valence-corrected chi connectivity index (χ2v) is 4.63. The van der Waals surface area contributed by atoms with E-state index in [2.05, 4.69) is 32.1 Å². The average Bonchev–Trinajstić information content (AvgIpc) is 3.15. The first-order chi connectivity index (χ1) is 10.3. The molecule has 1 aromatic carbocycles. The fourth-order valence-electron chi connectivity index (χ4n) is 2.27. The maximum Gasteiger partial charge on any atom is 0.224 e. The van der Waals surface area contributed by atoms with E-state index in [1.807, 2.05) is 54.3 Å². The highest BCUT2D eigenvalue weighted by atomic mass is 15.4. The molecule has 21 heavy (non-hydrogen) atoms. The molecule has 0 radical (unpaired) electrons. The summed E-state index contributed by atoms with van der Waals surface area (Å²) < 4.78 is 3.90. The molecule has 3 aromatic rings. The van der Waals surface area contributed by atoms with Crippen molar-refractivity contribution < 1.29 is 0 Å². The van der Waals surface area contributed by atoms with Crippen molar-refractivity contribution in [3.63, 3.8) is 0 Å². The summed E-state index contributed by atoms with van der Waals surface area (Å²) in [5, 5.41) is 16.1. The van der Waals surface area contributed by atoms with Crippen LogP contribution in [0.25, 0.3) is 17.1 Å². The lowest BCUT2D eigenvalue weighted by molar-refractivity contribution is 0.770. The number of hydrogen-bond acceptors (Lipinski definition) is 4. The fourth-order valence-corrected chi connectivity index (χ4v) is 2.27. The number of para-hydroxylation sites is 1. The van der Waals surface area contributed by atoms with Crippen LogP contribution in [-0.4, -0.2) is 31.1 Å². The van der Waals surface area contributed by atoms with Gasteiger partial charge in [-0.1, -0.05) is 18.2 Å². The minimum absolute atomic E-state index is 0.794. The third-order valence-electron chi connectivity index (χ3n) is 3.26. The first kappa shape index (κ1) is 13.4. The van der Waals surface area contributed by atoms with Crippen LogP contribution in [0.3, 0.4) is 0 Å². The lowest BCUT2D eigenvalue weighted by atomic mass is 10.3. The molecule has 0 saturated heterocycles. The Balaban J connectivity index is 1.97. The molecule has 6 heteroatoms. The normalized spacial score (nSPS) is 10.8. The van der Waals surface area contributed by atoms with Gasteiger partial charge in [-0.05, 0) is 26.0 Å². The first-order valence-corrected chi connectivity index (χ1v) is 7.11. The molecule has 0 aliphatic rings. The second-order valence-electron chi connectivity index (χ2n) is 4.63. The van der Waals surface area contributed by atoms with Crippen molar-refractivity contribution >= 4 is 5.95 Å². The molecule has 2 heterocycles. The van der Waals surface area contributed by atoms with Crippen LogP contribution in [0.4, 0.5) is 5.95 Å². The molecule has 0 bridgehead atoms. The predicted molar refractivity (Wildman–Crippen MR) is 82.4 cm³/mol. The molecule has 0 unspecified atom stereocenters. The van der Waals surface area contributed by atoms with Gasteiger partial charge >= 0.3 is 0 Å². The molecule has 0 aliphatic heterocycles. The summed E-state index contributed by atoms with van der Waals surface area (Å²) in [5.41, 5.74) is 1.98. The van der Waals surface area contributed by atoms with Crippen LogP contribution in [0.15, 0.2) is 42.7 Å². The van der Waals surface area contributed by atoms with Gasteiger partial charge in [0.1, 0.15) is 0 Å². The molecule has 0 aliphatic carbocycles. The van der Waals surface area contributed by atoms with Crippen LogP contribution in [0.5, 0.6) is 0 Å². The molecule has 0 atom stereocenters. The van der Waals surface area contributed by atoms with Gasteiger partial charge in [0.05, 0.1) is 17.4 Å². The predicted octanol–water partition coefficient (Wildman–Crippen LogP) is 2.58. The SMILES string of the molecule is CCNc1nnc(-c2cnn(-c3ccccc3)c2)n1CC. The molecule has 6 nitrogen and oxygen atoms in total. The van der Waals surface area contributed by atoms with E-state index in [0.717, 1.165) is 36.1 Å². The van der Waals surface area contributed by atoms with Crippen LogP contribution in [0.1, 0.15) is 13.8 Å². The van der Waals surface area contributed by atoms with E-state index in [4.69, 9.17) is 0 Å². The maximum atomic E-state index is 4.41. The molecule has 0 spiro atoms. The summed E-state index contributed by atoms with van der Waals surface area (Å²) >= 11 is 0. The van der Waals surface area contributed by atoms with Gasteiger partial charge < -0.3 is 5.32 Å². The van der Waals surface area contributed by atoms with Crippen LogP contribution in [-0.2, 0) is 6.54 Å². The smallest absolute Gasteiger partial charge is 0.224 e. The number of nitrogens with zero attached hydrogens (tertiary/aromatic N) is 5. The lowest BCUT2D eigenvalue weighted by Gasteiger charge is -2.06. The summed E-state index contributed by atoms with van der Waals surface area (Å²) in [7, 11) is 0. The summed E-state index contributed by atoms with van der Waals surface area (Å²) in [6, 6.07) is 10.0. The molecular formula is C15H18N6. The van der Waals surface area contributed by atoms with Crippen LogP contribution < -0.4 is 5.32 Å². The largest absolute Gasteiger partial charge is 0.355 e. The molecule has 0 amide bonds. The van der Waals surface area contributed by atoms with Gasteiger partial charge in [-0.25, -0.2) is 4.68 Å². The zero-order valence-electron chi connectivity index (χ0n) is 12.2. The van der Waals surface area contributed by atoms with Crippen molar-refractivity contribution in [2.75, 3.05) is 11.9 Å². The van der Waals surface area contributed by atoms with E-state index in [0.29, 0.717) is 0 Å². The van der Waals surface area contributed by atoms with E-state index in [1.165, 1.54) is 0 Å². The van der Waals surface area contributed by atoms with E-state index >= 15 is 0 Å². The molecule has 0 saturated carbocycles. The van der Waals surface area contributed by atoms with Crippen molar-refractivity contribution in [1.82, 2.24) is 24.5 Å². The van der Waals surface area contributed by atoms with E-state index in [9.17, 15) is 0 Å². The number of hydrogen-bond donors (Lipinski definition) is 1. The molecule has 2 aromatic heterocycles. The number of aromatic nitrogens is 5. The van der Waals surface area contributed by atoms with Gasteiger partial charge in [0.25, 0.3) is 0 Å². The Labute approximate surface area is 123 Å². The van der Waals surface area contributed by atoms with Gasteiger partial charge in [0.2, 0.25) is 5.95 Å². The fraction of sp³-hybridized carbons (Fsp3) is 0.267. The number of rotatable bonds is 5. The number of nitrogens with one attached hydrogen (secondary N) is 1. The minimum atomic E-state index is 0.794. The van der Waals surface area contributed by atoms with Crippen molar-refractivity contribution in [2.24, 2.45) is 0 Å². The average molecular weight is 282 g/mol. The Morgan fingerprint density at radius 1 is 1.10 bits per heavy atom. The van der Waals surface area contributed by atoms with Gasteiger partial charge in [-0.2, -0.15) is 5.10 Å². The highest BCUT2D eigenvalue weighted by molar-refractivity contribution is 5.56. The number of benzene rings is 1. The Bertz CT molecular complexity index is 713. The van der Waals surface area contributed by atoms with Crippen molar-refractivity contribution in [1.29, 1.82) is 0 Å².